The van der Waals surface area contributed by atoms with E-state index in [1.165, 1.54) is 4.90 Å². The van der Waals surface area contributed by atoms with E-state index in [1.54, 1.807) is 48.9 Å². The summed E-state index contributed by atoms with van der Waals surface area (Å²) in [6, 6.07) is 15.3. The molecule has 2 aromatic heterocycles. The van der Waals surface area contributed by atoms with Gasteiger partial charge in [-0.2, -0.15) is 0 Å². The summed E-state index contributed by atoms with van der Waals surface area (Å²) >= 11 is 6.31. The number of anilines is 1. The number of hydrogen-bond donors (Lipinski definition) is 2. The first-order valence-corrected chi connectivity index (χ1v) is 10.4. The molecule has 1 aliphatic heterocycles. The third kappa shape index (κ3) is 3.08. The molecule has 2 aromatic carbocycles. The number of carbonyl (C=O) groups excluding carboxylic acids is 2. The Morgan fingerprint density at radius 3 is 2.69 bits per heavy atom. The maximum absolute atomic E-state index is 13.2. The lowest BCUT2D eigenvalue weighted by molar-refractivity contribution is -0.132. The van der Waals surface area contributed by atoms with Gasteiger partial charge in [0.2, 0.25) is 0 Å². The molecule has 0 aliphatic carbocycles. The maximum Gasteiger partial charge on any atom is 0.300 e. The molecule has 6 nitrogen and oxygen atoms in total. The fourth-order valence-corrected chi connectivity index (χ4v) is 4.27. The van der Waals surface area contributed by atoms with Crippen LogP contribution in [0.1, 0.15) is 22.7 Å². The number of ketones is 1. The van der Waals surface area contributed by atoms with Crippen molar-refractivity contribution in [1.29, 1.82) is 0 Å². The number of Topliss-reactive ketones (excluding diaryl/α,β-unsaturated/α-hetero) is 1. The molecule has 1 aliphatic rings. The van der Waals surface area contributed by atoms with Gasteiger partial charge in [0.1, 0.15) is 5.76 Å². The van der Waals surface area contributed by atoms with Gasteiger partial charge >= 0.3 is 0 Å². The Balaban J connectivity index is 1.76. The van der Waals surface area contributed by atoms with Crippen LogP contribution in [0.3, 0.4) is 0 Å². The second kappa shape index (κ2) is 7.66. The van der Waals surface area contributed by atoms with Crippen LogP contribution in [0.5, 0.6) is 0 Å². The first-order chi connectivity index (χ1) is 15.5. The summed E-state index contributed by atoms with van der Waals surface area (Å²) < 4.78 is 0. The van der Waals surface area contributed by atoms with E-state index in [0.717, 1.165) is 16.5 Å². The number of aliphatic hydroxyl groups is 1. The highest BCUT2D eigenvalue weighted by atomic mass is 35.5. The number of nitrogens with one attached hydrogen (secondary N) is 1. The minimum Gasteiger partial charge on any atom is -0.507 e. The van der Waals surface area contributed by atoms with Crippen LogP contribution in [0, 0.1) is 6.92 Å². The Morgan fingerprint density at radius 1 is 1.12 bits per heavy atom. The van der Waals surface area contributed by atoms with Gasteiger partial charge in [-0.3, -0.25) is 19.5 Å². The van der Waals surface area contributed by atoms with Crippen molar-refractivity contribution < 1.29 is 14.7 Å². The summed E-state index contributed by atoms with van der Waals surface area (Å²) in [6.45, 7) is 1.86. The lowest BCUT2D eigenvalue weighted by Crippen LogP contribution is -2.29. The van der Waals surface area contributed by atoms with Crippen LogP contribution in [0.4, 0.5) is 5.69 Å². The zero-order chi connectivity index (χ0) is 22.4. The third-order valence-corrected chi connectivity index (χ3v) is 6.13. The Hall–Kier alpha value is -3.90. The SMILES string of the molecule is Cc1ccc(N2C(=O)C(=O)/C(=C(\O)c3c[nH]c4ccccc34)C2c2cccnc2)cc1Cl. The summed E-state index contributed by atoms with van der Waals surface area (Å²) in [5.74, 6) is -1.74. The van der Waals surface area contributed by atoms with E-state index in [0.29, 0.717) is 21.8 Å². The average molecular weight is 444 g/mol. The van der Waals surface area contributed by atoms with Crippen LogP contribution in [0.25, 0.3) is 16.7 Å². The number of pyridine rings is 1. The third-order valence-electron chi connectivity index (χ3n) is 5.72. The molecule has 158 valence electrons. The number of hydrogen-bond acceptors (Lipinski definition) is 4. The van der Waals surface area contributed by atoms with Gasteiger partial charge in [-0.25, -0.2) is 0 Å². The number of aryl methyl sites for hydroxylation is 1. The van der Waals surface area contributed by atoms with Crippen LogP contribution < -0.4 is 4.90 Å². The number of amides is 1. The summed E-state index contributed by atoms with van der Waals surface area (Å²) in [6.07, 6.45) is 4.83. The Morgan fingerprint density at radius 2 is 1.94 bits per heavy atom. The Bertz CT molecular complexity index is 1410. The number of benzene rings is 2. The molecule has 1 unspecified atom stereocenters. The molecule has 7 heteroatoms. The van der Waals surface area contributed by atoms with Crippen molar-refractivity contribution in [1.82, 2.24) is 9.97 Å². The zero-order valence-corrected chi connectivity index (χ0v) is 17.8. The number of fused-ring (bicyclic) bond motifs is 1. The molecule has 1 fully saturated rings. The van der Waals surface area contributed by atoms with Crippen molar-refractivity contribution in [2.45, 2.75) is 13.0 Å². The Kier molecular flexibility index (Phi) is 4.79. The quantitative estimate of drug-likeness (QED) is 0.260. The molecule has 3 heterocycles. The van der Waals surface area contributed by atoms with Gasteiger partial charge in [-0.1, -0.05) is 41.9 Å². The number of para-hydroxylation sites is 1. The molecular formula is C25H18ClN3O3. The number of aliphatic hydroxyl groups excluding tert-OH is 1. The van der Waals surface area contributed by atoms with Crippen LogP contribution in [0.2, 0.25) is 5.02 Å². The number of H-pyrrole nitrogens is 1. The molecule has 1 amide bonds. The van der Waals surface area contributed by atoms with Crippen molar-refractivity contribution in [3.63, 3.8) is 0 Å². The average Bonchev–Trinajstić information content (AvgIpc) is 3.35. The molecule has 5 rings (SSSR count). The summed E-state index contributed by atoms with van der Waals surface area (Å²) in [5, 5.41) is 12.5. The number of rotatable bonds is 3. The van der Waals surface area contributed by atoms with E-state index in [2.05, 4.69) is 9.97 Å². The highest BCUT2D eigenvalue weighted by Gasteiger charge is 2.47. The number of carbonyl (C=O) groups is 2. The lowest BCUT2D eigenvalue weighted by atomic mass is 9.96. The minimum absolute atomic E-state index is 0.00412. The number of halogens is 1. The van der Waals surface area contributed by atoms with Gasteiger partial charge in [0.05, 0.1) is 11.6 Å². The van der Waals surface area contributed by atoms with E-state index < -0.39 is 17.7 Å². The van der Waals surface area contributed by atoms with E-state index in [-0.39, 0.29) is 11.3 Å². The normalized spacial score (nSPS) is 17.9. The van der Waals surface area contributed by atoms with Crippen LogP contribution >= 0.6 is 11.6 Å². The van der Waals surface area contributed by atoms with E-state index >= 15 is 0 Å². The summed E-state index contributed by atoms with van der Waals surface area (Å²) in [4.78, 5) is 35.0. The minimum atomic E-state index is -0.851. The molecule has 4 aromatic rings. The van der Waals surface area contributed by atoms with Crippen molar-refractivity contribution in [3.8, 4) is 0 Å². The fourth-order valence-electron chi connectivity index (χ4n) is 4.10. The van der Waals surface area contributed by atoms with Crippen LogP contribution in [-0.2, 0) is 9.59 Å². The van der Waals surface area contributed by atoms with Gasteiger partial charge < -0.3 is 10.1 Å². The highest BCUT2D eigenvalue weighted by Crippen LogP contribution is 2.43. The zero-order valence-electron chi connectivity index (χ0n) is 17.0. The smallest absolute Gasteiger partial charge is 0.300 e. The number of nitrogens with zero attached hydrogens (tertiary/aromatic N) is 2. The maximum atomic E-state index is 13.2. The molecule has 0 bridgehead atoms. The van der Waals surface area contributed by atoms with E-state index in [1.807, 2.05) is 31.2 Å². The van der Waals surface area contributed by atoms with Gasteiger partial charge in [-0.05, 0) is 42.3 Å². The molecule has 0 radical (unpaired) electrons. The second-order valence-electron chi connectivity index (χ2n) is 7.64. The van der Waals surface area contributed by atoms with Gasteiger partial charge in [0.15, 0.2) is 0 Å². The Labute approximate surface area is 188 Å². The predicted molar refractivity (Wildman–Crippen MR) is 124 cm³/mol. The highest BCUT2D eigenvalue weighted by molar-refractivity contribution is 6.52. The lowest BCUT2D eigenvalue weighted by Gasteiger charge is -2.25. The first kappa shape index (κ1) is 20.0. The first-order valence-electron chi connectivity index (χ1n) is 10.0. The van der Waals surface area contributed by atoms with Crippen molar-refractivity contribution in [2.24, 2.45) is 0 Å². The van der Waals surface area contributed by atoms with Crippen LogP contribution in [-0.4, -0.2) is 26.8 Å². The monoisotopic (exact) mass is 443 g/mol. The molecular weight excluding hydrogens is 426 g/mol. The molecule has 1 atom stereocenters. The largest absolute Gasteiger partial charge is 0.507 e. The standard InChI is InChI=1S/C25H18ClN3O3/c1-14-8-9-16(11-19(14)26)29-22(15-5-4-10-27-12-15)21(24(31)25(29)32)23(30)18-13-28-20-7-3-2-6-17(18)20/h2-13,22,28,30H,1H3/b23-21-. The topological polar surface area (TPSA) is 86.3 Å². The summed E-state index contributed by atoms with van der Waals surface area (Å²) in [5.41, 5.74) is 3.19. The van der Waals surface area contributed by atoms with E-state index in [4.69, 9.17) is 11.6 Å². The van der Waals surface area contributed by atoms with Gasteiger partial charge in [0, 0.05) is 45.8 Å². The number of aromatic nitrogens is 2. The van der Waals surface area contributed by atoms with Crippen molar-refractivity contribution in [3.05, 3.63) is 100 Å². The van der Waals surface area contributed by atoms with Gasteiger partial charge in [0.25, 0.3) is 11.7 Å². The second-order valence-corrected chi connectivity index (χ2v) is 8.04. The molecule has 2 N–H and O–H groups in total. The summed E-state index contributed by atoms with van der Waals surface area (Å²) in [7, 11) is 0. The van der Waals surface area contributed by atoms with Crippen molar-refractivity contribution >= 4 is 45.6 Å². The van der Waals surface area contributed by atoms with Gasteiger partial charge in [-0.15, -0.1) is 0 Å². The molecule has 0 saturated carbocycles. The fraction of sp³-hybridized carbons (Fsp3) is 0.0800. The van der Waals surface area contributed by atoms with E-state index in [9.17, 15) is 14.7 Å². The van der Waals surface area contributed by atoms with Crippen LogP contribution in [0.15, 0.2) is 78.8 Å². The van der Waals surface area contributed by atoms with Crippen molar-refractivity contribution in [2.75, 3.05) is 4.90 Å². The molecule has 0 spiro atoms. The number of aromatic amines is 1. The predicted octanol–water partition coefficient (Wildman–Crippen LogP) is 5.15. The molecule has 1 saturated heterocycles. The molecule has 32 heavy (non-hydrogen) atoms.